The van der Waals surface area contributed by atoms with Gasteiger partial charge >= 0.3 is 6.03 Å². The SMILES string of the molecule is NC1CCN(C(=O)N2CCCC2)CC1NC(=O)c1ccc(-n2ccccc2=O)cc1. The summed E-state index contributed by atoms with van der Waals surface area (Å²) < 4.78 is 1.51. The molecule has 0 aliphatic carbocycles. The maximum absolute atomic E-state index is 12.8. The van der Waals surface area contributed by atoms with Crippen LogP contribution in [0.5, 0.6) is 0 Å². The molecule has 2 aliphatic rings. The number of pyridine rings is 1. The average molecular weight is 409 g/mol. The lowest BCUT2D eigenvalue weighted by molar-refractivity contribution is 0.0886. The monoisotopic (exact) mass is 409 g/mol. The van der Waals surface area contributed by atoms with Crippen molar-refractivity contribution in [2.75, 3.05) is 26.2 Å². The Labute approximate surface area is 175 Å². The minimum absolute atomic E-state index is 0.0382. The fourth-order valence-corrected chi connectivity index (χ4v) is 4.07. The van der Waals surface area contributed by atoms with Crippen molar-refractivity contribution in [3.8, 4) is 5.69 Å². The van der Waals surface area contributed by atoms with E-state index < -0.39 is 0 Å². The second-order valence-corrected chi connectivity index (χ2v) is 7.91. The van der Waals surface area contributed by atoms with Gasteiger partial charge in [-0.15, -0.1) is 0 Å². The molecule has 2 aromatic rings. The molecule has 158 valence electrons. The molecule has 3 N–H and O–H groups in total. The number of carbonyl (C=O) groups excluding carboxylic acids is 2. The van der Waals surface area contributed by atoms with Gasteiger partial charge in [-0.05, 0) is 49.6 Å². The first-order chi connectivity index (χ1) is 14.5. The van der Waals surface area contributed by atoms with Crippen LogP contribution in [0.3, 0.4) is 0 Å². The lowest BCUT2D eigenvalue weighted by Gasteiger charge is -2.38. The third-order valence-corrected chi connectivity index (χ3v) is 5.86. The highest BCUT2D eigenvalue weighted by Gasteiger charge is 2.33. The number of benzene rings is 1. The van der Waals surface area contributed by atoms with Gasteiger partial charge in [0.1, 0.15) is 0 Å². The first-order valence-corrected chi connectivity index (χ1v) is 10.4. The molecule has 2 aliphatic heterocycles. The van der Waals surface area contributed by atoms with E-state index in [0.29, 0.717) is 30.8 Å². The number of nitrogens with one attached hydrogen (secondary N) is 1. The molecular formula is C22H27N5O3. The molecule has 2 saturated heterocycles. The summed E-state index contributed by atoms with van der Waals surface area (Å²) in [5.74, 6) is -0.238. The standard InChI is InChI=1S/C22H27N5O3/c23-18-10-14-26(22(30)25-11-3-4-12-25)15-19(18)24-21(29)16-6-8-17(9-7-16)27-13-2-1-5-20(27)28/h1-2,5-9,13,18-19H,3-4,10-12,14-15,23H2,(H,24,29). The Morgan fingerprint density at radius 1 is 0.967 bits per heavy atom. The largest absolute Gasteiger partial charge is 0.346 e. The van der Waals surface area contributed by atoms with Crippen molar-refractivity contribution < 1.29 is 9.59 Å². The Hall–Kier alpha value is -3.13. The molecule has 30 heavy (non-hydrogen) atoms. The molecule has 2 fully saturated rings. The molecule has 0 saturated carbocycles. The van der Waals surface area contributed by atoms with Gasteiger partial charge in [0.05, 0.1) is 6.04 Å². The molecular weight excluding hydrogens is 382 g/mol. The Morgan fingerprint density at radius 3 is 2.40 bits per heavy atom. The highest BCUT2D eigenvalue weighted by atomic mass is 16.2. The van der Waals surface area contributed by atoms with E-state index in [2.05, 4.69) is 5.32 Å². The predicted octanol–water partition coefficient (Wildman–Crippen LogP) is 1.18. The molecule has 0 bridgehead atoms. The lowest BCUT2D eigenvalue weighted by atomic mass is 10.00. The van der Waals surface area contributed by atoms with Crippen molar-refractivity contribution in [1.29, 1.82) is 0 Å². The molecule has 1 aromatic carbocycles. The van der Waals surface area contributed by atoms with E-state index in [1.165, 1.54) is 10.6 Å². The first kappa shape index (κ1) is 20.2. The van der Waals surface area contributed by atoms with Crippen molar-refractivity contribution in [3.63, 3.8) is 0 Å². The number of hydrogen-bond donors (Lipinski definition) is 2. The van der Waals surface area contributed by atoms with E-state index >= 15 is 0 Å². The fraction of sp³-hybridized carbons (Fsp3) is 0.409. The Balaban J connectivity index is 1.41. The number of aromatic nitrogens is 1. The number of carbonyl (C=O) groups is 2. The summed E-state index contributed by atoms with van der Waals surface area (Å²) in [6, 6.07) is 11.3. The summed E-state index contributed by atoms with van der Waals surface area (Å²) >= 11 is 0. The molecule has 1 aromatic heterocycles. The highest BCUT2D eigenvalue weighted by molar-refractivity contribution is 5.94. The molecule has 0 spiro atoms. The number of hydrogen-bond acceptors (Lipinski definition) is 4. The van der Waals surface area contributed by atoms with Crippen molar-refractivity contribution in [2.24, 2.45) is 5.73 Å². The van der Waals surface area contributed by atoms with Gasteiger partial charge in [-0.2, -0.15) is 0 Å². The topological polar surface area (TPSA) is 101 Å². The van der Waals surface area contributed by atoms with Crippen molar-refractivity contribution in [1.82, 2.24) is 19.7 Å². The van der Waals surface area contributed by atoms with Crippen LogP contribution in [0.25, 0.3) is 5.69 Å². The van der Waals surface area contributed by atoms with Crippen molar-refractivity contribution >= 4 is 11.9 Å². The van der Waals surface area contributed by atoms with E-state index in [0.717, 1.165) is 25.9 Å². The van der Waals surface area contributed by atoms with E-state index in [-0.39, 0.29) is 29.6 Å². The number of nitrogens with zero attached hydrogens (tertiary/aromatic N) is 3. The van der Waals surface area contributed by atoms with Gasteiger partial charge in [-0.1, -0.05) is 6.07 Å². The van der Waals surface area contributed by atoms with Gasteiger partial charge in [-0.25, -0.2) is 4.79 Å². The van der Waals surface area contributed by atoms with E-state index in [4.69, 9.17) is 5.73 Å². The van der Waals surface area contributed by atoms with Crippen LogP contribution in [0.2, 0.25) is 0 Å². The predicted molar refractivity (Wildman–Crippen MR) is 114 cm³/mol. The maximum atomic E-state index is 12.8. The van der Waals surface area contributed by atoms with Crippen LogP contribution in [0.1, 0.15) is 29.6 Å². The second kappa shape index (κ2) is 8.71. The van der Waals surface area contributed by atoms with E-state index in [1.54, 1.807) is 47.5 Å². The van der Waals surface area contributed by atoms with Gasteiger partial charge in [0, 0.05) is 55.7 Å². The van der Waals surface area contributed by atoms with Crippen molar-refractivity contribution in [3.05, 3.63) is 64.6 Å². The first-order valence-electron chi connectivity index (χ1n) is 10.4. The van der Waals surface area contributed by atoms with Gasteiger partial charge in [0.25, 0.3) is 11.5 Å². The van der Waals surface area contributed by atoms with E-state index in [1.807, 2.05) is 4.90 Å². The second-order valence-electron chi connectivity index (χ2n) is 7.91. The molecule has 4 rings (SSSR count). The van der Waals surface area contributed by atoms with Crippen LogP contribution >= 0.6 is 0 Å². The fourth-order valence-electron chi connectivity index (χ4n) is 4.07. The molecule has 2 unspecified atom stereocenters. The van der Waals surface area contributed by atoms with E-state index in [9.17, 15) is 14.4 Å². The molecule has 8 nitrogen and oxygen atoms in total. The molecule has 3 heterocycles. The summed E-state index contributed by atoms with van der Waals surface area (Å²) in [5.41, 5.74) is 7.27. The molecule has 8 heteroatoms. The van der Waals surface area contributed by atoms with Crippen LogP contribution < -0.4 is 16.6 Å². The Kier molecular flexibility index (Phi) is 5.85. The summed E-state index contributed by atoms with van der Waals surface area (Å²) in [6.07, 6.45) is 4.43. The summed E-state index contributed by atoms with van der Waals surface area (Å²) in [5, 5.41) is 2.99. The van der Waals surface area contributed by atoms with Gasteiger partial charge in [0.15, 0.2) is 0 Å². The maximum Gasteiger partial charge on any atom is 0.320 e. The lowest BCUT2D eigenvalue weighted by Crippen LogP contribution is -2.60. The molecule has 3 amide bonds. The normalized spacial score (nSPS) is 21.5. The number of piperidine rings is 1. The van der Waals surface area contributed by atoms with Gasteiger partial charge in [0.2, 0.25) is 0 Å². The number of rotatable bonds is 3. The zero-order valence-corrected chi connectivity index (χ0v) is 16.9. The van der Waals surface area contributed by atoms with Crippen LogP contribution in [-0.4, -0.2) is 64.6 Å². The van der Waals surface area contributed by atoms with Gasteiger partial charge < -0.3 is 20.9 Å². The summed E-state index contributed by atoms with van der Waals surface area (Å²) in [6.45, 7) is 2.63. The Morgan fingerprint density at radius 2 is 1.70 bits per heavy atom. The van der Waals surface area contributed by atoms with Crippen LogP contribution in [0.4, 0.5) is 4.79 Å². The Bertz CT molecular complexity index is 965. The minimum Gasteiger partial charge on any atom is -0.346 e. The number of likely N-dealkylation sites (tertiary alicyclic amines) is 2. The highest BCUT2D eigenvalue weighted by Crippen LogP contribution is 2.16. The number of amides is 3. The zero-order chi connectivity index (χ0) is 21.1. The summed E-state index contributed by atoms with van der Waals surface area (Å²) in [4.78, 5) is 41.1. The minimum atomic E-state index is -0.297. The molecule has 2 atom stereocenters. The van der Waals surface area contributed by atoms with Crippen LogP contribution in [0.15, 0.2) is 53.5 Å². The zero-order valence-electron chi connectivity index (χ0n) is 16.9. The van der Waals surface area contributed by atoms with Crippen LogP contribution in [-0.2, 0) is 0 Å². The number of urea groups is 1. The molecule has 0 radical (unpaired) electrons. The number of nitrogens with two attached hydrogens (primary N) is 1. The third kappa shape index (κ3) is 4.23. The summed E-state index contributed by atoms with van der Waals surface area (Å²) in [7, 11) is 0. The van der Waals surface area contributed by atoms with Crippen LogP contribution in [0, 0.1) is 0 Å². The van der Waals surface area contributed by atoms with Gasteiger partial charge in [-0.3, -0.25) is 14.2 Å². The van der Waals surface area contributed by atoms with Crippen molar-refractivity contribution in [2.45, 2.75) is 31.3 Å². The third-order valence-electron chi connectivity index (χ3n) is 5.86. The average Bonchev–Trinajstić information content (AvgIpc) is 3.30. The quantitative estimate of drug-likeness (QED) is 0.795. The smallest absolute Gasteiger partial charge is 0.320 e.